The summed E-state index contributed by atoms with van der Waals surface area (Å²) < 4.78 is 7.28. The number of carbonyl (C=O) groups is 1. The van der Waals surface area contributed by atoms with E-state index in [0.29, 0.717) is 13.1 Å². The third kappa shape index (κ3) is 4.16. The van der Waals surface area contributed by atoms with E-state index in [1.807, 2.05) is 51.9 Å². The minimum atomic E-state index is -0.0678. The van der Waals surface area contributed by atoms with Crippen LogP contribution in [-0.2, 0) is 11.3 Å². The van der Waals surface area contributed by atoms with Gasteiger partial charge in [-0.3, -0.25) is 14.3 Å². The standard InChI is InChI=1S/C24H28N4O3/c29-23(19-5-3-4-18(16-19)17-26-12-14-31-15-13-26)27-10-8-20(9-11-27)28-22-7-2-1-6-21(22)25-24(28)30/h1-7,16,20H,8-15,17H2,(H,25,30). The lowest BCUT2D eigenvalue weighted by Gasteiger charge is -2.32. The van der Waals surface area contributed by atoms with Crippen molar-refractivity contribution in [1.82, 2.24) is 19.4 Å². The molecule has 3 heterocycles. The second kappa shape index (κ2) is 8.69. The Balaban J connectivity index is 1.25. The summed E-state index contributed by atoms with van der Waals surface area (Å²) in [5, 5.41) is 0. The number of aromatic amines is 1. The van der Waals surface area contributed by atoms with E-state index < -0.39 is 0 Å². The zero-order valence-electron chi connectivity index (χ0n) is 17.6. The molecule has 1 amide bonds. The number of morpholine rings is 1. The van der Waals surface area contributed by atoms with E-state index in [1.54, 1.807) is 0 Å². The van der Waals surface area contributed by atoms with Crippen LogP contribution in [0.2, 0.25) is 0 Å². The Morgan fingerprint density at radius 1 is 1.00 bits per heavy atom. The number of hydrogen-bond acceptors (Lipinski definition) is 4. The molecule has 2 fully saturated rings. The number of nitrogens with one attached hydrogen (secondary N) is 1. The van der Waals surface area contributed by atoms with Crippen molar-refractivity contribution in [2.24, 2.45) is 0 Å². The van der Waals surface area contributed by atoms with E-state index in [0.717, 1.165) is 67.8 Å². The number of imidazole rings is 1. The number of hydrogen-bond donors (Lipinski definition) is 1. The number of carbonyl (C=O) groups excluding carboxylic acids is 1. The SMILES string of the molecule is O=C(c1cccc(CN2CCOCC2)c1)N1CCC(n2c(=O)[nH]c3ccccc32)CC1. The van der Waals surface area contributed by atoms with Gasteiger partial charge in [0.15, 0.2) is 0 Å². The molecule has 2 saturated heterocycles. The van der Waals surface area contributed by atoms with E-state index in [2.05, 4.69) is 16.0 Å². The highest BCUT2D eigenvalue weighted by Gasteiger charge is 2.26. The Labute approximate surface area is 181 Å². The van der Waals surface area contributed by atoms with Gasteiger partial charge in [-0.25, -0.2) is 4.79 Å². The van der Waals surface area contributed by atoms with Crippen molar-refractivity contribution in [3.05, 3.63) is 70.1 Å². The van der Waals surface area contributed by atoms with E-state index >= 15 is 0 Å². The molecular formula is C24H28N4O3. The molecule has 0 aliphatic carbocycles. The molecule has 2 aliphatic heterocycles. The summed E-state index contributed by atoms with van der Waals surface area (Å²) in [7, 11) is 0. The first-order valence-electron chi connectivity index (χ1n) is 11.1. The maximum absolute atomic E-state index is 13.1. The summed E-state index contributed by atoms with van der Waals surface area (Å²) >= 11 is 0. The lowest BCUT2D eigenvalue weighted by atomic mass is 10.0. The molecule has 1 N–H and O–H groups in total. The smallest absolute Gasteiger partial charge is 0.326 e. The molecule has 0 bridgehead atoms. The number of rotatable bonds is 4. The number of nitrogens with zero attached hydrogens (tertiary/aromatic N) is 3. The monoisotopic (exact) mass is 420 g/mol. The average Bonchev–Trinajstić information content (AvgIpc) is 3.15. The topological polar surface area (TPSA) is 70.6 Å². The van der Waals surface area contributed by atoms with Crippen LogP contribution in [0.4, 0.5) is 0 Å². The van der Waals surface area contributed by atoms with Gasteiger partial charge in [0.1, 0.15) is 0 Å². The summed E-state index contributed by atoms with van der Waals surface area (Å²) in [5.74, 6) is 0.0774. The number of para-hydroxylation sites is 2. The van der Waals surface area contributed by atoms with Crippen LogP contribution in [0.1, 0.15) is 34.8 Å². The van der Waals surface area contributed by atoms with Crippen molar-refractivity contribution in [3.8, 4) is 0 Å². The number of ether oxygens (including phenoxy) is 1. The summed E-state index contributed by atoms with van der Waals surface area (Å²) in [6.07, 6.45) is 1.56. The van der Waals surface area contributed by atoms with Crippen molar-refractivity contribution in [2.75, 3.05) is 39.4 Å². The Kier molecular flexibility index (Phi) is 5.61. The fraction of sp³-hybridized carbons (Fsp3) is 0.417. The minimum Gasteiger partial charge on any atom is -0.379 e. The highest BCUT2D eigenvalue weighted by Crippen LogP contribution is 2.26. The van der Waals surface area contributed by atoms with Gasteiger partial charge in [-0.1, -0.05) is 24.3 Å². The molecule has 162 valence electrons. The zero-order valence-corrected chi connectivity index (χ0v) is 17.6. The van der Waals surface area contributed by atoms with Crippen LogP contribution < -0.4 is 5.69 Å². The summed E-state index contributed by atoms with van der Waals surface area (Å²) in [6.45, 7) is 5.56. The van der Waals surface area contributed by atoms with E-state index in [1.165, 1.54) is 0 Å². The minimum absolute atomic E-state index is 0.0678. The summed E-state index contributed by atoms with van der Waals surface area (Å²) in [4.78, 5) is 32.8. The van der Waals surface area contributed by atoms with Gasteiger partial charge in [-0.05, 0) is 42.7 Å². The second-order valence-corrected chi connectivity index (χ2v) is 8.43. The molecule has 1 aromatic heterocycles. The molecular weight excluding hydrogens is 392 g/mol. The van der Waals surface area contributed by atoms with Crippen molar-refractivity contribution < 1.29 is 9.53 Å². The zero-order chi connectivity index (χ0) is 21.2. The third-order valence-electron chi connectivity index (χ3n) is 6.42. The Bertz CT molecular complexity index is 1120. The van der Waals surface area contributed by atoms with Crippen LogP contribution >= 0.6 is 0 Å². The van der Waals surface area contributed by atoms with Crippen LogP contribution in [-0.4, -0.2) is 64.7 Å². The number of aromatic nitrogens is 2. The lowest BCUT2D eigenvalue weighted by Crippen LogP contribution is -2.40. The molecule has 0 radical (unpaired) electrons. The van der Waals surface area contributed by atoms with E-state index in [4.69, 9.17) is 4.74 Å². The number of piperidine rings is 1. The lowest BCUT2D eigenvalue weighted by molar-refractivity contribution is 0.0341. The van der Waals surface area contributed by atoms with Gasteiger partial charge >= 0.3 is 5.69 Å². The fourth-order valence-electron chi connectivity index (χ4n) is 4.77. The fourth-order valence-corrected chi connectivity index (χ4v) is 4.77. The molecule has 5 rings (SSSR count). The van der Waals surface area contributed by atoms with Crippen LogP contribution in [0.25, 0.3) is 11.0 Å². The Hall–Kier alpha value is -2.90. The molecule has 2 aromatic carbocycles. The molecule has 0 unspecified atom stereocenters. The quantitative estimate of drug-likeness (QED) is 0.705. The summed E-state index contributed by atoms with van der Waals surface area (Å²) in [5.41, 5.74) is 3.64. The number of likely N-dealkylation sites (tertiary alicyclic amines) is 1. The van der Waals surface area contributed by atoms with Crippen molar-refractivity contribution in [1.29, 1.82) is 0 Å². The van der Waals surface area contributed by atoms with Crippen molar-refractivity contribution in [2.45, 2.75) is 25.4 Å². The van der Waals surface area contributed by atoms with Gasteiger partial charge < -0.3 is 14.6 Å². The predicted octanol–water partition coefficient (Wildman–Crippen LogP) is 2.64. The first-order valence-corrected chi connectivity index (χ1v) is 11.1. The van der Waals surface area contributed by atoms with Crippen molar-refractivity contribution >= 4 is 16.9 Å². The normalized spacial score (nSPS) is 18.5. The van der Waals surface area contributed by atoms with E-state index in [-0.39, 0.29) is 17.6 Å². The second-order valence-electron chi connectivity index (χ2n) is 8.43. The number of H-pyrrole nitrogens is 1. The number of benzene rings is 2. The Morgan fingerprint density at radius 3 is 2.58 bits per heavy atom. The molecule has 0 saturated carbocycles. The molecule has 31 heavy (non-hydrogen) atoms. The molecule has 7 nitrogen and oxygen atoms in total. The summed E-state index contributed by atoms with van der Waals surface area (Å²) in [6, 6.07) is 15.9. The third-order valence-corrected chi connectivity index (χ3v) is 6.42. The maximum atomic E-state index is 13.1. The van der Waals surface area contributed by atoms with Crippen LogP contribution in [0.3, 0.4) is 0 Å². The molecule has 0 atom stereocenters. The van der Waals surface area contributed by atoms with Crippen molar-refractivity contribution in [3.63, 3.8) is 0 Å². The Morgan fingerprint density at radius 2 is 1.77 bits per heavy atom. The van der Waals surface area contributed by atoms with Gasteiger partial charge in [-0.2, -0.15) is 0 Å². The van der Waals surface area contributed by atoms with Crippen LogP contribution in [0.5, 0.6) is 0 Å². The first kappa shape index (κ1) is 20.0. The number of fused-ring (bicyclic) bond motifs is 1. The maximum Gasteiger partial charge on any atom is 0.326 e. The molecule has 0 spiro atoms. The van der Waals surface area contributed by atoms with Gasteiger partial charge in [-0.15, -0.1) is 0 Å². The van der Waals surface area contributed by atoms with Gasteiger partial charge in [0.2, 0.25) is 0 Å². The highest BCUT2D eigenvalue weighted by molar-refractivity contribution is 5.94. The average molecular weight is 421 g/mol. The van der Waals surface area contributed by atoms with Gasteiger partial charge in [0.05, 0.1) is 24.2 Å². The molecule has 3 aromatic rings. The van der Waals surface area contributed by atoms with Crippen LogP contribution in [0.15, 0.2) is 53.3 Å². The largest absolute Gasteiger partial charge is 0.379 e. The predicted molar refractivity (Wildman–Crippen MR) is 119 cm³/mol. The van der Waals surface area contributed by atoms with Gasteiger partial charge in [0.25, 0.3) is 5.91 Å². The van der Waals surface area contributed by atoms with Crippen LogP contribution in [0, 0.1) is 0 Å². The highest BCUT2D eigenvalue weighted by atomic mass is 16.5. The molecule has 2 aliphatic rings. The van der Waals surface area contributed by atoms with E-state index in [9.17, 15) is 9.59 Å². The van der Waals surface area contributed by atoms with Gasteiger partial charge in [0, 0.05) is 44.3 Å². The first-order chi connectivity index (χ1) is 15.2. The molecule has 7 heteroatoms. The number of amides is 1.